The highest BCUT2D eigenvalue weighted by molar-refractivity contribution is 6.00. The van der Waals surface area contributed by atoms with Gasteiger partial charge in [0.05, 0.1) is 11.5 Å². The number of oxazole rings is 1. The van der Waals surface area contributed by atoms with Crippen molar-refractivity contribution in [3.8, 4) is 11.5 Å². The first-order chi connectivity index (χ1) is 11.6. The van der Waals surface area contributed by atoms with Crippen LogP contribution in [0, 0.1) is 5.92 Å². The molecule has 1 amide bonds. The van der Waals surface area contributed by atoms with Crippen LogP contribution in [-0.4, -0.2) is 33.5 Å². The van der Waals surface area contributed by atoms with Crippen LogP contribution in [0.5, 0.6) is 0 Å². The molecule has 1 aliphatic rings. The molecular weight excluding hydrogens is 310 g/mol. The second kappa shape index (κ2) is 5.45. The Morgan fingerprint density at radius 3 is 2.92 bits per heavy atom. The van der Waals surface area contributed by atoms with Gasteiger partial charge in [0.2, 0.25) is 11.8 Å². The number of nitrogens with zero attached hydrogens (tertiary/aromatic N) is 3. The molecule has 0 spiro atoms. The number of pyridine rings is 1. The van der Waals surface area contributed by atoms with Crippen LogP contribution < -0.4 is 4.90 Å². The fraction of sp³-hybridized carbons (Fsp3) is 0.176. The molecule has 2 aromatic heterocycles. The molecule has 3 heterocycles. The lowest BCUT2D eigenvalue weighted by Crippen LogP contribution is -2.25. The van der Waals surface area contributed by atoms with Gasteiger partial charge in [-0.1, -0.05) is 0 Å². The van der Waals surface area contributed by atoms with Crippen molar-refractivity contribution in [1.29, 1.82) is 0 Å². The van der Waals surface area contributed by atoms with Gasteiger partial charge in [0.1, 0.15) is 5.52 Å². The summed E-state index contributed by atoms with van der Waals surface area (Å²) in [4.78, 5) is 33.1. The predicted molar refractivity (Wildman–Crippen MR) is 85.3 cm³/mol. The molecule has 1 aliphatic heterocycles. The van der Waals surface area contributed by atoms with E-state index in [2.05, 4.69) is 9.97 Å². The molecule has 1 N–H and O–H groups in total. The van der Waals surface area contributed by atoms with E-state index in [1.807, 2.05) is 6.07 Å². The van der Waals surface area contributed by atoms with Gasteiger partial charge in [0.25, 0.3) is 0 Å². The fourth-order valence-electron chi connectivity index (χ4n) is 2.82. The molecule has 0 saturated carbocycles. The lowest BCUT2D eigenvalue weighted by molar-refractivity contribution is -0.141. The molecule has 1 saturated heterocycles. The summed E-state index contributed by atoms with van der Waals surface area (Å²) in [5, 5.41) is 9.08. The maximum Gasteiger partial charge on any atom is 0.308 e. The van der Waals surface area contributed by atoms with Gasteiger partial charge < -0.3 is 14.4 Å². The number of carbonyl (C=O) groups excluding carboxylic acids is 1. The van der Waals surface area contributed by atoms with Crippen molar-refractivity contribution in [3.63, 3.8) is 0 Å². The Kier molecular flexibility index (Phi) is 3.26. The minimum absolute atomic E-state index is 0.0210. The van der Waals surface area contributed by atoms with E-state index < -0.39 is 11.9 Å². The Morgan fingerprint density at radius 1 is 1.33 bits per heavy atom. The number of aromatic nitrogens is 2. The second-order valence-corrected chi connectivity index (χ2v) is 5.66. The molecule has 7 nitrogen and oxygen atoms in total. The molecule has 1 atom stereocenters. The first kappa shape index (κ1) is 14.4. The normalized spacial score (nSPS) is 17.6. The zero-order valence-electron chi connectivity index (χ0n) is 12.5. The molecule has 3 aromatic rings. The average molecular weight is 323 g/mol. The maximum atomic E-state index is 12.1. The fourth-order valence-corrected chi connectivity index (χ4v) is 2.82. The van der Waals surface area contributed by atoms with Crippen molar-refractivity contribution in [3.05, 3.63) is 42.7 Å². The van der Waals surface area contributed by atoms with E-state index in [0.717, 1.165) is 5.56 Å². The Bertz CT molecular complexity index is 935. The average Bonchev–Trinajstić information content (AvgIpc) is 3.18. The third-order valence-corrected chi connectivity index (χ3v) is 4.07. The number of rotatable bonds is 3. The molecular formula is C17H13N3O4. The molecule has 120 valence electrons. The first-order valence-electron chi connectivity index (χ1n) is 7.46. The van der Waals surface area contributed by atoms with E-state index >= 15 is 0 Å². The standard InChI is InChI=1S/C17H13N3O4/c21-15-6-11(17(22)23)9-20(15)12-3-4-14-13(7-12)19-16(24-14)10-2-1-5-18-8-10/h1-5,7-8,11H,6,9H2,(H,22,23). The summed E-state index contributed by atoms with van der Waals surface area (Å²) in [6.07, 6.45) is 3.35. The van der Waals surface area contributed by atoms with Crippen molar-refractivity contribution < 1.29 is 19.1 Å². The molecule has 0 radical (unpaired) electrons. The Balaban J connectivity index is 1.69. The summed E-state index contributed by atoms with van der Waals surface area (Å²) in [7, 11) is 0. The van der Waals surface area contributed by atoms with Crippen LogP contribution in [0.15, 0.2) is 47.1 Å². The Hall–Kier alpha value is -3.22. The molecule has 0 bridgehead atoms. The van der Waals surface area contributed by atoms with Gasteiger partial charge in [-0.15, -0.1) is 0 Å². The number of aliphatic carboxylic acids is 1. The van der Waals surface area contributed by atoms with Gasteiger partial charge in [0, 0.05) is 31.0 Å². The summed E-state index contributed by atoms with van der Waals surface area (Å²) >= 11 is 0. The number of fused-ring (bicyclic) bond motifs is 1. The molecule has 1 unspecified atom stereocenters. The molecule has 7 heteroatoms. The third-order valence-electron chi connectivity index (χ3n) is 4.07. The van der Waals surface area contributed by atoms with E-state index in [1.165, 1.54) is 4.90 Å². The highest BCUT2D eigenvalue weighted by Crippen LogP contribution is 2.30. The summed E-state index contributed by atoms with van der Waals surface area (Å²) in [6.45, 7) is 0.174. The lowest BCUT2D eigenvalue weighted by atomic mass is 10.1. The largest absolute Gasteiger partial charge is 0.481 e. The second-order valence-electron chi connectivity index (χ2n) is 5.66. The molecule has 24 heavy (non-hydrogen) atoms. The SMILES string of the molecule is O=C(O)C1CC(=O)N(c2ccc3oc(-c4cccnc4)nc3c2)C1. The summed E-state index contributed by atoms with van der Waals surface area (Å²) in [5.41, 5.74) is 2.60. The van der Waals surface area contributed by atoms with Crippen LogP contribution in [0.1, 0.15) is 6.42 Å². The quantitative estimate of drug-likeness (QED) is 0.794. The summed E-state index contributed by atoms with van der Waals surface area (Å²) in [6, 6.07) is 8.85. The third kappa shape index (κ3) is 2.40. The van der Waals surface area contributed by atoms with Crippen LogP contribution >= 0.6 is 0 Å². The van der Waals surface area contributed by atoms with Crippen molar-refractivity contribution in [2.45, 2.75) is 6.42 Å². The molecule has 4 rings (SSSR count). The maximum absolute atomic E-state index is 12.1. The van der Waals surface area contributed by atoms with E-state index in [1.54, 1.807) is 36.7 Å². The minimum atomic E-state index is -0.952. The predicted octanol–water partition coefficient (Wildman–Crippen LogP) is 2.33. The highest BCUT2D eigenvalue weighted by Gasteiger charge is 2.35. The van der Waals surface area contributed by atoms with Crippen LogP contribution in [0.2, 0.25) is 0 Å². The van der Waals surface area contributed by atoms with Crippen LogP contribution in [0.3, 0.4) is 0 Å². The minimum Gasteiger partial charge on any atom is -0.481 e. The van der Waals surface area contributed by atoms with Gasteiger partial charge in [-0.25, -0.2) is 4.98 Å². The Morgan fingerprint density at radius 2 is 2.21 bits per heavy atom. The molecule has 0 aliphatic carbocycles. The highest BCUT2D eigenvalue weighted by atomic mass is 16.4. The van der Waals surface area contributed by atoms with Gasteiger partial charge in [0.15, 0.2) is 5.58 Å². The smallest absolute Gasteiger partial charge is 0.308 e. The van der Waals surface area contributed by atoms with Crippen molar-refractivity contribution >= 4 is 28.7 Å². The zero-order chi connectivity index (χ0) is 16.7. The van der Waals surface area contributed by atoms with Gasteiger partial charge in [-0.05, 0) is 30.3 Å². The number of carboxylic acid groups (broad SMARTS) is 1. The van der Waals surface area contributed by atoms with E-state index in [4.69, 9.17) is 9.52 Å². The number of hydrogen-bond donors (Lipinski definition) is 1. The zero-order valence-corrected chi connectivity index (χ0v) is 12.5. The van der Waals surface area contributed by atoms with Crippen LogP contribution in [0.4, 0.5) is 5.69 Å². The van der Waals surface area contributed by atoms with Crippen LogP contribution in [-0.2, 0) is 9.59 Å². The summed E-state index contributed by atoms with van der Waals surface area (Å²) < 4.78 is 5.71. The van der Waals surface area contributed by atoms with Crippen molar-refractivity contribution in [2.75, 3.05) is 11.4 Å². The topological polar surface area (TPSA) is 96.5 Å². The molecule has 1 fully saturated rings. The number of anilines is 1. The number of carboxylic acids is 1. The van der Waals surface area contributed by atoms with Gasteiger partial charge >= 0.3 is 5.97 Å². The van der Waals surface area contributed by atoms with E-state index in [0.29, 0.717) is 22.7 Å². The monoisotopic (exact) mass is 323 g/mol. The van der Waals surface area contributed by atoms with Crippen molar-refractivity contribution in [1.82, 2.24) is 9.97 Å². The van der Waals surface area contributed by atoms with E-state index in [9.17, 15) is 9.59 Å². The summed E-state index contributed by atoms with van der Waals surface area (Å²) in [5.74, 6) is -1.37. The Labute approximate surface area is 136 Å². The lowest BCUT2D eigenvalue weighted by Gasteiger charge is -2.15. The first-order valence-corrected chi connectivity index (χ1v) is 7.46. The number of hydrogen-bond acceptors (Lipinski definition) is 5. The van der Waals surface area contributed by atoms with Crippen LogP contribution in [0.25, 0.3) is 22.6 Å². The van der Waals surface area contributed by atoms with Gasteiger partial charge in [-0.2, -0.15) is 0 Å². The van der Waals surface area contributed by atoms with E-state index in [-0.39, 0.29) is 18.9 Å². The number of carbonyl (C=O) groups is 2. The van der Waals surface area contributed by atoms with Crippen molar-refractivity contribution in [2.24, 2.45) is 5.92 Å². The molecule has 1 aromatic carbocycles. The number of benzene rings is 1. The van der Waals surface area contributed by atoms with Gasteiger partial charge in [-0.3, -0.25) is 14.6 Å². The number of amides is 1.